The maximum atomic E-state index is 10.1. The van der Waals surface area contributed by atoms with Gasteiger partial charge >= 0.3 is 0 Å². The Labute approximate surface area is 131 Å². The summed E-state index contributed by atoms with van der Waals surface area (Å²) in [5.41, 5.74) is 1.30. The molecule has 21 heavy (non-hydrogen) atoms. The van der Waals surface area contributed by atoms with E-state index >= 15 is 0 Å². The molecular weight excluding hydrogens is 256 g/mol. The van der Waals surface area contributed by atoms with Crippen molar-refractivity contribution in [1.82, 2.24) is 0 Å². The number of aliphatic hydroxyl groups is 1. The molecule has 2 unspecified atom stereocenters. The van der Waals surface area contributed by atoms with Gasteiger partial charge in [-0.05, 0) is 72.5 Å². The lowest BCUT2D eigenvalue weighted by Crippen LogP contribution is -2.58. The summed E-state index contributed by atoms with van der Waals surface area (Å²) in [6.45, 7) is 10.3. The zero-order valence-electron chi connectivity index (χ0n) is 14.8. The summed E-state index contributed by atoms with van der Waals surface area (Å²) < 4.78 is 0. The molecule has 0 aromatic carbocycles. The molecule has 0 aromatic heterocycles. The van der Waals surface area contributed by atoms with Crippen LogP contribution in [0.3, 0.4) is 0 Å². The Kier molecular flexibility index (Phi) is 3.96. The second-order valence-corrected chi connectivity index (χ2v) is 9.42. The quantitative estimate of drug-likeness (QED) is 0.720. The highest BCUT2D eigenvalue weighted by atomic mass is 16.3. The van der Waals surface area contributed by atoms with E-state index in [-0.39, 0.29) is 5.41 Å². The Morgan fingerprint density at radius 2 is 1.76 bits per heavy atom. The highest BCUT2D eigenvalue weighted by molar-refractivity contribution is 5.09. The fourth-order valence-corrected chi connectivity index (χ4v) is 7.30. The Balaban J connectivity index is 1.97. The molecular formula is C20H36O. The van der Waals surface area contributed by atoms with Gasteiger partial charge in [0.1, 0.15) is 0 Å². The number of rotatable bonds is 2. The van der Waals surface area contributed by atoms with E-state index in [2.05, 4.69) is 27.7 Å². The molecule has 3 rings (SSSR count). The summed E-state index contributed by atoms with van der Waals surface area (Å²) >= 11 is 0. The largest absolute Gasteiger partial charge is 0.396 e. The Hall–Kier alpha value is -0.0400. The predicted octanol–water partition coefficient (Wildman–Crippen LogP) is 5.42. The minimum atomic E-state index is 0.190. The molecule has 3 fully saturated rings. The van der Waals surface area contributed by atoms with Crippen LogP contribution in [0.15, 0.2) is 0 Å². The van der Waals surface area contributed by atoms with Crippen molar-refractivity contribution in [2.24, 2.45) is 34.0 Å². The molecule has 0 aliphatic heterocycles. The third kappa shape index (κ3) is 2.21. The van der Waals surface area contributed by atoms with Crippen LogP contribution in [0.5, 0.6) is 0 Å². The van der Waals surface area contributed by atoms with Crippen LogP contribution in [0.25, 0.3) is 0 Å². The summed E-state index contributed by atoms with van der Waals surface area (Å²) in [4.78, 5) is 0. The maximum absolute atomic E-state index is 10.1. The van der Waals surface area contributed by atoms with E-state index in [4.69, 9.17) is 0 Å². The van der Waals surface area contributed by atoms with Crippen molar-refractivity contribution in [1.29, 1.82) is 0 Å². The lowest BCUT2D eigenvalue weighted by Gasteiger charge is -2.65. The van der Waals surface area contributed by atoms with Crippen LogP contribution in [0.1, 0.15) is 85.5 Å². The van der Waals surface area contributed by atoms with E-state index in [0.717, 1.165) is 17.8 Å². The van der Waals surface area contributed by atoms with Crippen molar-refractivity contribution >= 4 is 0 Å². The van der Waals surface area contributed by atoms with Gasteiger partial charge < -0.3 is 5.11 Å². The Morgan fingerprint density at radius 1 is 1.00 bits per heavy atom. The summed E-state index contributed by atoms with van der Waals surface area (Å²) in [6.07, 6.45) is 12.5. The van der Waals surface area contributed by atoms with E-state index in [9.17, 15) is 5.11 Å². The van der Waals surface area contributed by atoms with E-state index in [1.807, 2.05) is 0 Å². The monoisotopic (exact) mass is 292 g/mol. The third-order valence-electron chi connectivity index (χ3n) is 8.34. The molecule has 3 saturated carbocycles. The predicted molar refractivity (Wildman–Crippen MR) is 89.1 cm³/mol. The van der Waals surface area contributed by atoms with Gasteiger partial charge in [-0.3, -0.25) is 0 Å². The molecule has 122 valence electrons. The minimum absolute atomic E-state index is 0.190. The van der Waals surface area contributed by atoms with Crippen LogP contribution in [-0.2, 0) is 0 Å². The lowest BCUT2D eigenvalue weighted by molar-refractivity contribution is -0.170. The van der Waals surface area contributed by atoms with Crippen molar-refractivity contribution in [2.75, 3.05) is 6.61 Å². The van der Waals surface area contributed by atoms with Gasteiger partial charge in [-0.15, -0.1) is 0 Å². The molecule has 1 heteroatoms. The van der Waals surface area contributed by atoms with Crippen molar-refractivity contribution in [3.05, 3.63) is 0 Å². The van der Waals surface area contributed by atoms with Gasteiger partial charge in [0.05, 0.1) is 0 Å². The van der Waals surface area contributed by atoms with Crippen LogP contribution in [0.2, 0.25) is 0 Å². The first kappa shape index (κ1) is 15.8. The fourth-order valence-electron chi connectivity index (χ4n) is 7.30. The first-order valence-corrected chi connectivity index (χ1v) is 9.51. The van der Waals surface area contributed by atoms with Crippen LogP contribution in [-0.4, -0.2) is 11.7 Å². The average Bonchev–Trinajstić information content (AvgIpc) is 2.46. The molecule has 0 amide bonds. The topological polar surface area (TPSA) is 20.2 Å². The van der Waals surface area contributed by atoms with Gasteiger partial charge in [-0.25, -0.2) is 0 Å². The van der Waals surface area contributed by atoms with Crippen LogP contribution >= 0.6 is 0 Å². The normalized spacial score (nSPS) is 53.9. The van der Waals surface area contributed by atoms with Crippen LogP contribution < -0.4 is 0 Å². The van der Waals surface area contributed by atoms with Crippen LogP contribution in [0.4, 0.5) is 0 Å². The number of fused-ring (bicyclic) bond motifs is 3. The van der Waals surface area contributed by atoms with E-state index in [1.54, 1.807) is 0 Å². The second kappa shape index (κ2) is 5.25. The third-order valence-corrected chi connectivity index (χ3v) is 8.34. The van der Waals surface area contributed by atoms with Gasteiger partial charge in [0, 0.05) is 6.61 Å². The molecule has 1 nitrogen and oxygen atoms in total. The smallest absolute Gasteiger partial charge is 0.0487 e. The van der Waals surface area contributed by atoms with Gasteiger partial charge in [0.15, 0.2) is 0 Å². The molecule has 3 aliphatic rings. The van der Waals surface area contributed by atoms with Gasteiger partial charge in [-0.1, -0.05) is 47.0 Å². The van der Waals surface area contributed by atoms with Crippen LogP contribution in [0, 0.1) is 34.0 Å². The van der Waals surface area contributed by atoms with E-state index in [1.165, 1.54) is 57.8 Å². The van der Waals surface area contributed by atoms with Crippen molar-refractivity contribution in [3.8, 4) is 0 Å². The highest BCUT2D eigenvalue weighted by Gasteiger charge is 2.60. The minimum Gasteiger partial charge on any atom is -0.396 e. The fraction of sp³-hybridized carbons (Fsp3) is 1.00. The van der Waals surface area contributed by atoms with E-state index < -0.39 is 0 Å². The average molecular weight is 293 g/mol. The molecule has 0 radical (unpaired) electrons. The van der Waals surface area contributed by atoms with Gasteiger partial charge in [0.2, 0.25) is 0 Å². The molecule has 6 atom stereocenters. The zero-order chi connectivity index (χ0) is 15.3. The molecule has 0 aromatic rings. The maximum Gasteiger partial charge on any atom is 0.0487 e. The lowest BCUT2D eigenvalue weighted by atomic mass is 9.39. The van der Waals surface area contributed by atoms with E-state index in [0.29, 0.717) is 17.4 Å². The van der Waals surface area contributed by atoms with Gasteiger partial charge in [0.25, 0.3) is 0 Å². The zero-order valence-corrected chi connectivity index (χ0v) is 14.8. The molecule has 0 saturated heterocycles. The number of aliphatic hydroxyl groups excluding tert-OH is 1. The van der Waals surface area contributed by atoms with Gasteiger partial charge in [-0.2, -0.15) is 0 Å². The molecule has 0 spiro atoms. The number of hydrogen-bond acceptors (Lipinski definition) is 1. The standard InChI is InChI=1S/C20H36O/c1-5-20-12-9-16-18(3,14-21)10-6-11-19(16,4)17(20)8-7-15(2)13-20/h15-17,21H,5-14H2,1-4H3/t15-,16?,17?,18+,19-,20-/m1/s1. The Bertz CT molecular complexity index is 391. The highest BCUT2D eigenvalue weighted by Crippen LogP contribution is 2.68. The van der Waals surface area contributed by atoms with Crippen molar-refractivity contribution in [2.45, 2.75) is 85.5 Å². The summed E-state index contributed by atoms with van der Waals surface area (Å²) in [7, 11) is 0. The Morgan fingerprint density at radius 3 is 2.43 bits per heavy atom. The molecule has 0 bridgehead atoms. The first-order valence-electron chi connectivity index (χ1n) is 9.51. The molecule has 1 N–H and O–H groups in total. The van der Waals surface area contributed by atoms with Crippen molar-refractivity contribution in [3.63, 3.8) is 0 Å². The summed E-state index contributed by atoms with van der Waals surface area (Å²) in [5, 5.41) is 10.1. The first-order chi connectivity index (χ1) is 9.90. The second-order valence-electron chi connectivity index (χ2n) is 9.42. The summed E-state index contributed by atoms with van der Waals surface area (Å²) in [6, 6.07) is 0. The van der Waals surface area contributed by atoms with Crippen molar-refractivity contribution < 1.29 is 5.11 Å². The molecule has 0 heterocycles. The molecule has 3 aliphatic carbocycles. The summed E-state index contributed by atoms with van der Waals surface area (Å²) in [5.74, 6) is 2.59. The SMILES string of the molecule is CC[C@]12CCC3[C@](C)(CO)CCC[C@@]3(C)C1CC[C@@H](C)C2. The number of hydrogen-bond donors (Lipinski definition) is 1.